The van der Waals surface area contributed by atoms with Crippen LogP contribution in [0.25, 0.3) is 0 Å². The molecule has 1 aromatic rings. The molecule has 0 saturated carbocycles. The van der Waals surface area contributed by atoms with Crippen LogP contribution in [-0.4, -0.2) is 67.3 Å². The fourth-order valence-corrected chi connectivity index (χ4v) is 2.44. The molecule has 1 heterocycles. The lowest BCUT2D eigenvalue weighted by Gasteiger charge is -2.18. The second-order valence-electron chi connectivity index (χ2n) is 5.90. The first-order chi connectivity index (χ1) is 12.5. The molecule has 6 N–H and O–H groups in total. The van der Waals surface area contributed by atoms with Crippen LogP contribution in [0.4, 0.5) is 0 Å². The number of carbonyl (C=O) groups is 3. The lowest BCUT2D eigenvalue weighted by atomic mass is 10.0. The van der Waals surface area contributed by atoms with Gasteiger partial charge in [-0.25, -0.2) is 4.79 Å². The molecule has 1 fully saturated rings. The predicted octanol–water partition coefficient (Wildman–Crippen LogP) is -1.77. The summed E-state index contributed by atoms with van der Waals surface area (Å²) >= 11 is 0. The molecule has 1 saturated heterocycles. The molecule has 0 aromatic heterocycles. The highest BCUT2D eigenvalue weighted by Gasteiger charge is 2.51. The van der Waals surface area contributed by atoms with Crippen molar-refractivity contribution in [1.29, 1.82) is 0 Å². The summed E-state index contributed by atoms with van der Waals surface area (Å²) in [5.74, 6) is -2.14. The Morgan fingerprint density at radius 1 is 1.12 bits per heavy atom. The number of hydrogen-bond donors (Lipinski definition) is 5. The molecule has 1 aromatic carbocycles. The summed E-state index contributed by atoms with van der Waals surface area (Å²) in [5, 5.41) is 17.2. The molecule has 9 nitrogen and oxygen atoms in total. The first-order valence-electron chi connectivity index (χ1n) is 8.44. The van der Waals surface area contributed by atoms with Crippen LogP contribution in [0.2, 0.25) is 0 Å². The van der Waals surface area contributed by atoms with Crippen molar-refractivity contribution >= 4 is 17.8 Å². The molecule has 1 aliphatic heterocycles. The zero-order valence-electron chi connectivity index (χ0n) is 14.3. The SMILES string of the molecule is NCCNCCNC(=O)C(Cc1ccccc1)NC(=O)C1OC1C(=O)O. The van der Waals surface area contributed by atoms with Crippen molar-refractivity contribution in [2.45, 2.75) is 24.7 Å². The predicted molar refractivity (Wildman–Crippen MR) is 93.3 cm³/mol. The van der Waals surface area contributed by atoms with Crippen molar-refractivity contribution in [3.63, 3.8) is 0 Å². The number of nitrogens with one attached hydrogen (secondary N) is 3. The largest absolute Gasteiger partial charge is 0.479 e. The number of aliphatic carboxylic acids is 1. The molecule has 9 heteroatoms. The summed E-state index contributed by atoms with van der Waals surface area (Å²) in [6.07, 6.45) is -1.90. The zero-order chi connectivity index (χ0) is 18.9. The minimum atomic E-state index is -1.19. The fraction of sp³-hybridized carbons (Fsp3) is 0.471. The second-order valence-corrected chi connectivity index (χ2v) is 5.90. The molecule has 2 amide bonds. The number of epoxide rings is 1. The number of hydrogen-bond acceptors (Lipinski definition) is 6. The van der Waals surface area contributed by atoms with Gasteiger partial charge in [-0.3, -0.25) is 9.59 Å². The molecular weight excluding hydrogens is 340 g/mol. The van der Waals surface area contributed by atoms with Gasteiger partial charge in [-0.05, 0) is 5.56 Å². The number of ether oxygens (including phenoxy) is 1. The van der Waals surface area contributed by atoms with E-state index in [4.69, 9.17) is 15.6 Å². The fourth-order valence-electron chi connectivity index (χ4n) is 2.44. The molecule has 0 radical (unpaired) electrons. The maximum absolute atomic E-state index is 12.4. The van der Waals surface area contributed by atoms with E-state index in [9.17, 15) is 14.4 Å². The summed E-state index contributed by atoms with van der Waals surface area (Å²) in [5.41, 5.74) is 6.25. The van der Waals surface area contributed by atoms with E-state index in [0.29, 0.717) is 32.6 Å². The van der Waals surface area contributed by atoms with Gasteiger partial charge in [0, 0.05) is 32.6 Å². The smallest absolute Gasteiger partial charge is 0.336 e. The Hall–Kier alpha value is -2.49. The first kappa shape index (κ1) is 19.8. The van der Waals surface area contributed by atoms with E-state index in [0.717, 1.165) is 5.56 Å². The van der Waals surface area contributed by atoms with Crippen LogP contribution in [0.15, 0.2) is 30.3 Å². The Morgan fingerprint density at radius 2 is 1.85 bits per heavy atom. The number of carboxylic acids is 1. The molecule has 2 rings (SSSR count). The lowest BCUT2D eigenvalue weighted by molar-refractivity contribution is -0.138. The van der Waals surface area contributed by atoms with Gasteiger partial charge in [-0.2, -0.15) is 0 Å². The number of nitrogens with two attached hydrogens (primary N) is 1. The molecule has 0 aliphatic carbocycles. The monoisotopic (exact) mass is 364 g/mol. The van der Waals surface area contributed by atoms with Crippen LogP contribution in [-0.2, 0) is 25.5 Å². The van der Waals surface area contributed by atoms with Gasteiger partial charge in [-0.15, -0.1) is 0 Å². The van der Waals surface area contributed by atoms with Crippen LogP contribution < -0.4 is 21.7 Å². The minimum absolute atomic E-state index is 0.291. The van der Waals surface area contributed by atoms with E-state index < -0.39 is 30.1 Å². The summed E-state index contributed by atoms with van der Waals surface area (Å²) in [4.78, 5) is 35.4. The number of carboxylic acid groups (broad SMARTS) is 1. The topological polar surface area (TPSA) is 146 Å². The van der Waals surface area contributed by atoms with E-state index in [-0.39, 0.29) is 5.91 Å². The lowest BCUT2D eigenvalue weighted by Crippen LogP contribution is -2.50. The molecular formula is C17H24N4O5. The summed E-state index contributed by atoms with van der Waals surface area (Å²) in [7, 11) is 0. The third kappa shape index (κ3) is 6.10. The Balaban J connectivity index is 1.91. The van der Waals surface area contributed by atoms with Crippen molar-refractivity contribution in [2.24, 2.45) is 5.73 Å². The third-order valence-electron chi connectivity index (χ3n) is 3.83. The van der Waals surface area contributed by atoms with E-state index in [1.165, 1.54) is 0 Å². The van der Waals surface area contributed by atoms with Gasteiger partial charge >= 0.3 is 5.97 Å². The Morgan fingerprint density at radius 3 is 2.46 bits per heavy atom. The van der Waals surface area contributed by atoms with Gasteiger partial charge in [0.05, 0.1) is 0 Å². The van der Waals surface area contributed by atoms with E-state index >= 15 is 0 Å². The molecule has 3 unspecified atom stereocenters. The van der Waals surface area contributed by atoms with Crippen LogP contribution in [0.3, 0.4) is 0 Å². The summed E-state index contributed by atoms with van der Waals surface area (Å²) in [6, 6.07) is 8.42. The average molecular weight is 364 g/mol. The zero-order valence-corrected chi connectivity index (χ0v) is 14.3. The Bertz CT molecular complexity index is 625. The number of rotatable bonds is 11. The third-order valence-corrected chi connectivity index (χ3v) is 3.83. The van der Waals surface area contributed by atoms with Crippen LogP contribution >= 0.6 is 0 Å². The van der Waals surface area contributed by atoms with Gasteiger partial charge in [-0.1, -0.05) is 30.3 Å². The van der Waals surface area contributed by atoms with Crippen LogP contribution in [0.5, 0.6) is 0 Å². The summed E-state index contributed by atoms with van der Waals surface area (Å²) in [6.45, 7) is 2.10. The molecule has 0 bridgehead atoms. The first-order valence-corrected chi connectivity index (χ1v) is 8.44. The van der Waals surface area contributed by atoms with Gasteiger partial charge in [0.2, 0.25) is 5.91 Å². The standard InChI is InChI=1S/C17H24N4O5/c18-6-7-19-8-9-20-15(22)12(10-11-4-2-1-3-5-11)21-16(23)13-14(26-13)17(24)25/h1-5,12-14,19H,6-10,18H2,(H,20,22)(H,21,23)(H,24,25). The van der Waals surface area contributed by atoms with Crippen molar-refractivity contribution in [2.75, 3.05) is 26.2 Å². The quantitative estimate of drug-likeness (QED) is 0.231. The highest BCUT2D eigenvalue weighted by atomic mass is 16.6. The number of amides is 2. The van der Waals surface area contributed by atoms with Gasteiger partial charge in [0.25, 0.3) is 5.91 Å². The Labute approximate surface area is 151 Å². The minimum Gasteiger partial charge on any atom is -0.479 e. The van der Waals surface area contributed by atoms with Gasteiger partial charge < -0.3 is 31.5 Å². The van der Waals surface area contributed by atoms with E-state index in [1.54, 1.807) is 0 Å². The highest BCUT2D eigenvalue weighted by molar-refractivity contribution is 5.95. The number of benzene rings is 1. The van der Waals surface area contributed by atoms with E-state index in [1.807, 2.05) is 30.3 Å². The van der Waals surface area contributed by atoms with Crippen molar-refractivity contribution in [3.05, 3.63) is 35.9 Å². The van der Waals surface area contributed by atoms with Crippen LogP contribution in [0.1, 0.15) is 5.56 Å². The maximum Gasteiger partial charge on any atom is 0.336 e. The second kappa shape index (κ2) is 9.85. The molecule has 1 aliphatic rings. The normalized spacial score (nSPS) is 19.4. The van der Waals surface area contributed by atoms with E-state index in [2.05, 4.69) is 16.0 Å². The van der Waals surface area contributed by atoms with Crippen molar-refractivity contribution in [1.82, 2.24) is 16.0 Å². The van der Waals surface area contributed by atoms with Crippen molar-refractivity contribution < 1.29 is 24.2 Å². The summed E-state index contributed by atoms with van der Waals surface area (Å²) < 4.78 is 4.83. The van der Waals surface area contributed by atoms with Crippen molar-refractivity contribution in [3.8, 4) is 0 Å². The van der Waals surface area contributed by atoms with Gasteiger partial charge in [0.1, 0.15) is 6.04 Å². The maximum atomic E-state index is 12.4. The van der Waals surface area contributed by atoms with Crippen LogP contribution in [0, 0.1) is 0 Å². The average Bonchev–Trinajstić information content (AvgIpc) is 3.43. The Kier molecular flexibility index (Phi) is 7.52. The molecule has 0 spiro atoms. The molecule has 142 valence electrons. The van der Waals surface area contributed by atoms with Gasteiger partial charge in [0.15, 0.2) is 12.2 Å². The number of carbonyl (C=O) groups excluding carboxylic acids is 2. The molecule has 3 atom stereocenters. The highest BCUT2D eigenvalue weighted by Crippen LogP contribution is 2.22. The molecule has 26 heavy (non-hydrogen) atoms.